The van der Waals surface area contributed by atoms with Crippen LogP contribution in [-0.4, -0.2) is 18.5 Å². The van der Waals surface area contributed by atoms with Gasteiger partial charge >= 0.3 is 0 Å². The zero-order valence-corrected chi connectivity index (χ0v) is 8.55. The van der Waals surface area contributed by atoms with E-state index >= 15 is 0 Å². The molecule has 70 valence electrons. The number of rotatable bonds is 1. The minimum absolute atomic E-state index is 0.0613. The SMILES string of the molecule is CC1OC(C=O)C(C)(C)C1(C)C. The molecule has 0 aromatic carbocycles. The normalized spacial score (nSPS) is 38.1. The Hall–Kier alpha value is -0.370. The summed E-state index contributed by atoms with van der Waals surface area (Å²) in [5, 5.41) is 0. The number of hydrogen-bond acceptors (Lipinski definition) is 2. The fourth-order valence-corrected chi connectivity index (χ4v) is 1.65. The number of aldehydes is 1. The Morgan fingerprint density at radius 3 is 1.83 bits per heavy atom. The van der Waals surface area contributed by atoms with E-state index in [4.69, 9.17) is 4.74 Å². The van der Waals surface area contributed by atoms with Gasteiger partial charge in [0.25, 0.3) is 0 Å². The van der Waals surface area contributed by atoms with Crippen LogP contribution in [0.2, 0.25) is 0 Å². The molecule has 1 aliphatic heterocycles. The van der Waals surface area contributed by atoms with Crippen LogP contribution in [0.3, 0.4) is 0 Å². The third-order valence-corrected chi connectivity index (χ3v) is 3.86. The summed E-state index contributed by atoms with van der Waals surface area (Å²) in [5.74, 6) is 0. The van der Waals surface area contributed by atoms with Crippen molar-refractivity contribution in [2.24, 2.45) is 10.8 Å². The Balaban J connectivity index is 3.00. The van der Waals surface area contributed by atoms with Gasteiger partial charge < -0.3 is 9.53 Å². The lowest BCUT2D eigenvalue weighted by atomic mass is 9.65. The molecule has 0 radical (unpaired) electrons. The van der Waals surface area contributed by atoms with Gasteiger partial charge in [-0.3, -0.25) is 0 Å². The first-order chi connectivity index (χ1) is 5.34. The van der Waals surface area contributed by atoms with Crippen molar-refractivity contribution in [1.29, 1.82) is 0 Å². The number of hydrogen-bond donors (Lipinski definition) is 0. The molecule has 1 fully saturated rings. The topological polar surface area (TPSA) is 26.3 Å². The van der Waals surface area contributed by atoms with E-state index in [-0.39, 0.29) is 23.0 Å². The van der Waals surface area contributed by atoms with E-state index in [1.165, 1.54) is 0 Å². The van der Waals surface area contributed by atoms with Gasteiger partial charge in [0.15, 0.2) is 0 Å². The van der Waals surface area contributed by atoms with E-state index in [9.17, 15) is 4.79 Å². The highest BCUT2D eigenvalue weighted by Gasteiger charge is 2.54. The molecule has 0 bridgehead atoms. The Bertz CT molecular complexity index is 194. The zero-order chi connectivity index (χ0) is 9.57. The van der Waals surface area contributed by atoms with E-state index in [2.05, 4.69) is 27.7 Å². The molecule has 0 aromatic rings. The maximum Gasteiger partial charge on any atom is 0.149 e. The molecular weight excluding hydrogens is 152 g/mol. The van der Waals surface area contributed by atoms with Crippen molar-refractivity contribution >= 4 is 6.29 Å². The van der Waals surface area contributed by atoms with Crippen molar-refractivity contribution in [2.75, 3.05) is 0 Å². The number of carbonyl (C=O) groups excluding carboxylic acids is 1. The zero-order valence-electron chi connectivity index (χ0n) is 8.55. The van der Waals surface area contributed by atoms with E-state index in [0.29, 0.717) is 0 Å². The molecule has 1 heterocycles. The quantitative estimate of drug-likeness (QED) is 0.563. The molecule has 2 nitrogen and oxygen atoms in total. The van der Waals surface area contributed by atoms with E-state index in [0.717, 1.165) is 6.29 Å². The molecule has 0 N–H and O–H groups in total. The van der Waals surface area contributed by atoms with Crippen LogP contribution in [0.4, 0.5) is 0 Å². The molecule has 0 saturated carbocycles. The molecule has 0 aliphatic carbocycles. The summed E-state index contributed by atoms with van der Waals surface area (Å²) in [7, 11) is 0. The molecule has 2 heteroatoms. The van der Waals surface area contributed by atoms with E-state index in [1.54, 1.807) is 0 Å². The van der Waals surface area contributed by atoms with Gasteiger partial charge in [-0.2, -0.15) is 0 Å². The second-order valence-corrected chi connectivity index (χ2v) is 4.78. The summed E-state index contributed by atoms with van der Waals surface area (Å²) >= 11 is 0. The van der Waals surface area contributed by atoms with Gasteiger partial charge in [-0.25, -0.2) is 0 Å². The van der Waals surface area contributed by atoms with Crippen LogP contribution in [0.25, 0.3) is 0 Å². The van der Waals surface area contributed by atoms with Gasteiger partial charge in [0.05, 0.1) is 6.10 Å². The maximum atomic E-state index is 10.7. The fourth-order valence-electron chi connectivity index (χ4n) is 1.65. The van der Waals surface area contributed by atoms with Crippen LogP contribution < -0.4 is 0 Å². The highest BCUT2D eigenvalue weighted by molar-refractivity contribution is 5.58. The van der Waals surface area contributed by atoms with Crippen LogP contribution >= 0.6 is 0 Å². The second-order valence-electron chi connectivity index (χ2n) is 4.78. The van der Waals surface area contributed by atoms with Crippen LogP contribution in [-0.2, 0) is 9.53 Å². The molecule has 12 heavy (non-hydrogen) atoms. The van der Waals surface area contributed by atoms with Gasteiger partial charge in [-0.05, 0) is 12.3 Å². The van der Waals surface area contributed by atoms with Crippen molar-refractivity contribution in [2.45, 2.75) is 46.8 Å². The molecule has 2 unspecified atom stereocenters. The Morgan fingerprint density at radius 2 is 1.67 bits per heavy atom. The molecule has 0 spiro atoms. The molecule has 1 rings (SSSR count). The standard InChI is InChI=1S/C10H18O2/c1-7-9(2,3)10(4,5)8(6-11)12-7/h6-8H,1-5H3. The monoisotopic (exact) mass is 170 g/mol. The highest BCUT2D eigenvalue weighted by Crippen LogP contribution is 2.51. The first-order valence-electron chi connectivity index (χ1n) is 4.45. The highest BCUT2D eigenvalue weighted by atomic mass is 16.5. The van der Waals surface area contributed by atoms with Gasteiger partial charge in [0, 0.05) is 5.41 Å². The number of carbonyl (C=O) groups is 1. The van der Waals surface area contributed by atoms with Gasteiger partial charge in [0.1, 0.15) is 12.4 Å². The number of ether oxygens (including phenoxy) is 1. The Kier molecular flexibility index (Phi) is 2.07. The molecule has 2 atom stereocenters. The summed E-state index contributed by atoms with van der Waals surface area (Å²) in [6, 6.07) is 0. The lowest BCUT2D eigenvalue weighted by Gasteiger charge is -2.36. The third-order valence-electron chi connectivity index (χ3n) is 3.86. The van der Waals surface area contributed by atoms with E-state index < -0.39 is 0 Å². The van der Waals surface area contributed by atoms with E-state index in [1.807, 2.05) is 6.92 Å². The summed E-state index contributed by atoms with van der Waals surface area (Å²) < 4.78 is 5.57. The fraction of sp³-hybridized carbons (Fsp3) is 0.900. The van der Waals surface area contributed by atoms with Crippen LogP contribution in [0.5, 0.6) is 0 Å². The minimum atomic E-state index is -0.248. The van der Waals surface area contributed by atoms with Crippen molar-refractivity contribution in [3.05, 3.63) is 0 Å². The van der Waals surface area contributed by atoms with Gasteiger partial charge in [-0.1, -0.05) is 27.7 Å². The summed E-state index contributed by atoms with van der Waals surface area (Å²) in [4.78, 5) is 10.7. The lowest BCUT2D eigenvalue weighted by Crippen LogP contribution is -2.38. The maximum absolute atomic E-state index is 10.7. The van der Waals surface area contributed by atoms with Crippen molar-refractivity contribution in [3.8, 4) is 0 Å². The van der Waals surface area contributed by atoms with Crippen LogP contribution in [0, 0.1) is 10.8 Å². The predicted molar refractivity (Wildman–Crippen MR) is 48.0 cm³/mol. The van der Waals surface area contributed by atoms with Crippen molar-refractivity contribution < 1.29 is 9.53 Å². The molecular formula is C10H18O2. The largest absolute Gasteiger partial charge is 0.367 e. The Morgan fingerprint density at radius 1 is 1.17 bits per heavy atom. The van der Waals surface area contributed by atoms with Crippen molar-refractivity contribution in [1.82, 2.24) is 0 Å². The first kappa shape index (κ1) is 9.72. The first-order valence-corrected chi connectivity index (χ1v) is 4.45. The average molecular weight is 170 g/mol. The predicted octanol–water partition coefficient (Wildman–Crippen LogP) is 2.02. The van der Waals surface area contributed by atoms with Gasteiger partial charge in [0.2, 0.25) is 0 Å². The average Bonchev–Trinajstić information content (AvgIpc) is 2.10. The third kappa shape index (κ3) is 1.01. The lowest BCUT2D eigenvalue weighted by molar-refractivity contribution is -0.120. The molecule has 0 aromatic heterocycles. The summed E-state index contributed by atoms with van der Waals surface area (Å²) in [6.45, 7) is 10.5. The summed E-state index contributed by atoms with van der Waals surface area (Å²) in [6.07, 6.45) is 0.829. The molecule has 0 amide bonds. The van der Waals surface area contributed by atoms with Gasteiger partial charge in [-0.15, -0.1) is 0 Å². The van der Waals surface area contributed by atoms with Crippen LogP contribution in [0.15, 0.2) is 0 Å². The molecule has 1 saturated heterocycles. The van der Waals surface area contributed by atoms with Crippen LogP contribution in [0.1, 0.15) is 34.6 Å². The smallest absolute Gasteiger partial charge is 0.149 e. The second kappa shape index (κ2) is 2.56. The summed E-state index contributed by atoms with van der Waals surface area (Å²) in [5.41, 5.74) is 0.00669. The Labute approximate surface area is 74.3 Å². The van der Waals surface area contributed by atoms with Crippen molar-refractivity contribution in [3.63, 3.8) is 0 Å². The molecule has 1 aliphatic rings. The minimum Gasteiger partial charge on any atom is -0.367 e.